The lowest BCUT2D eigenvalue weighted by Gasteiger charge is -2.27. The minimum absolute atomic E-state index is 0.0234. The van der Waals surface area contributed by atoms with Gasteiger partial charge in [-0.05, 0) is 25.3 Å². The summed E-state index contributed by atoms with van der Waals surface area (Å²) < 4.78 is 5.66. The first kappa shape index (κ1) is 13.7. The van der Waals surface area contributed by atoms with Crippen LogP contribution in [0, 0.1) is 12.3 Å². The predicted molar refractivity (Wildman–Crippen MR) is 77.3 cm³/mol. The standard InChI is InChI=1S/C16H21NO2/c1-10-12-8-6-7-9-13(12)19-14(10)15(18)17-11(2)16(3,4)5/h6-9,11H,1-5H3,(H,17,18)/t11-/m1/s1. The van der Waals surface area contributed by atoms with E-state index in [9.17, 15) is 4.79 Å². The minimum Gasteiger partial charge on any atom is -0.451 e. The zero-order valence-electron chi connectivity index (χ0n) is 12.2. The van der Waals surface area contributed by atoms with E-state index in [2.05, 4.69) is 26.1 Å². The Morgan fingerprint density at radius 3 is 2.47 bits per heavy atom. The summed E-state index contributed by atoms with van der Waals surface area (Å²) in [6.07, 6.45) is 0. The number of para-hydroxylation sites is 1. The number of aryl methyl sites for hydroxylation is 1. The molecule has 0 fully saturated rings. The molecular formula is C16H21NO2. The molecule has 1 N–H and O–H groups in total. The van der Waals surface area contributed by atoms with E-state index in [0.29, 0.717) is 5.76 Å². The van der Waals surface area contributed by atoms with Crippen LogP contribution in [0.4, 0.5) is 0 Å². The van der Waals surface area contributed by atoms with E-state index in [1.807, 2.05) is 38.1 Å². The van der Waals surface area contributed by atoms with Gasteiger partial charge in [-0.1, -0.05) is 39.0 Å². The number of amides is 1. The highest BCUT2D eigenvalue weighted by Crippen LogP contribution is 2.25. The lowest BCUT2D eigenvalue weighted by Crippen LogP contribution is -2.41. The third-order valence-electron chi connectivity index (χ3n) is 3.70. The zero-order chi connectivity index (χ0) is 14.2. The number of nitrogens with one attached hydrogen (secondary N) is 1. The van der Waals surface area contributed by atoms with Crippen molar-refractivity contribution in [1.82, 2.24) is 5.32 Å². The van der Waals surface area contributed by atoms with E-state index in [1.165, 1.54) is 0 Å². The molecule has 0 aliphatic carbocycles. The van der Waals surface area contributed by atoms with E-state index in [1.54, 1.807) is 0 Å². The van der Waals surface area contributed by atoms with Crippen molar-refractivity contribution in [3.8, 4) is 0 Å². The van der Waals surface area contributed by atoms with Crippen LogP contribution in [0.25, 0.3) is 11.0 Å². The molecular weight excluding hydrogens is 238 g/mol. The second kappa shape index (κ2) is 4.72. The number of furan rings is 1. The van der Waals surface area contributed by atoms with Gasteiger partial charge in [-0.3, -0.25) is 4.79 Å². The fourth-order valence-corrected chi connectivity index (χ4v) is 1.87. The lowest BCUT2D eigenvalue weighted by atomic mass is 9.88. The maximum Gasteiger partial charge on any atom is 0.287 e. The van der Waals surface area contributed by atoms with Crippen molar-refractivity contribution in [1.29, 1.82) is 0 Å². The van der Waals surface area contributed by atoms with Crippen molar-refractivity contribution in [3.05, 3.63) is 35.6 Å². The van der Waals surface area contributed by atoms with Crippen molar-refractivity contribution in [2.45, 2.75) is 40.7 Å². The smallest absolute Gasteiger partial charge is 0.287 e. The summed E-state index contributed by atoms with van der Waals surface area (Å²) in [6, 6.07) is 7.78. The van der Waals surface area contributed by atoms with E-state index in [-0.39, 0.29) is 17.4 Å². The van der Waals surface area contributed by atoms with Crippen LogP contribution in [0.5, 0.6) is 0 Å². The largest absolute Gasteiger partial charge is 0.451 e. The fourth-order valence-electron chi connectivity index (χ4n) is 1.87. The van der Waals surface area contributed by atoms with Gasteiger partial charge in [-0.2, -0.15) is 0 Å². The first-order valence-corrected chi connectivity index (χ1v) is 6.59. The Bertz CT molecular complexity index is 605. The second-order valence-electron chi connectivity index (χ2n) is 6.11. The van der Waals surface area contributed by atoms with Crippen LogP contribution < -0.4 is 5.32 Å². The molecule has 2 aromatic rings. The molecule has 0 radical (unpaired) electrons. The van der Waals surface area contributed by atoms with Crippen molar-refractivity contribution in [2.75, 3.05) is 0 Å². The summed E-state index contributed by atoms with van der Waals surface area (Å²) in [5, 5.41) is 4.00. The molecule has 1 atom stereocenters. The summed E-state index contributed by atoms with van der Waals surface area (Å²) in [6.45, 7) is 10.2. The van der Waals surface area contributed by atoms with Crippen LogP contribution in [0.15, 0.2) is 28.7 Å². The Hall–Kier alpha value is -1.77. The van der Waals surface area contributed by atoms with E-state index in [0.717, 1.165) is 16.5 Å². The average Bonchev–Trinajstić information content (AvgIpc) is 2.66. The van der Waals surface area contributed by atoms with Crippen molar-refractivity contribution in [3.63, 3.8) is 0 Å². The highest BCUT2D eigenvalue weighted by Gasteiger charge is 2.25. The van der Waals surface area contributed by atoms with Gasteiger partial charge in [0.2, 0.25) is 0 Å². The lowest BCUT2D eigenvalue weighted by molar-refractivity contribution is 0.0883. The number of rotatable bonds is 2. The van der Waals surface area contributed by atoms with E-state index in [4.69, 9.17) is 4.42 Å². The third-order valence-corrected chi connectivity index (χ3v) is 3.70. The molecule has 0 aliphatic heterocycles. The molecule has 2 rings (SSSR count). The van der Waals surface area contributed by atoms with Crippen molar-refractivity contribution in [2.24, 2.45) is 5.41 Å². The number of carbonyl (C=O) groups excluding carboxylic acids is 1. The second-order valence-corrected chi connectivity index (χ2v) is 6.11. The average molecular weight is 259 g/mol. The number of hydrogen-bond acceptors (Lipinski definition) is 2. The van der Waals surface area contributed by atoms with Crippen molar-refractivity contribution >= 4 is 16.9 Å². The van der Waals surface area contributed by atoms with Gasteiger partial charge in [0, 0.05) is 17.0 Å². The first-order valence-electron chi connectivity index (χ1n) is 6.59. The van der Waals surface area contributed by atoms with Gasteiger partial charge in [-0.15, -0.1) is 0 Å². The summed E-state index contributed by atoms with van der Waals surface area (Å²) in [5.74, 6) is 0.272. The molecule has 0 saturated carbocycles. The Balaban J connectivity index is 2.30. The van der Waals surface area contributed by atoms with Crippen LogP contribution in [0.1, 0.15) is 43.8 Å². The molecule has 1 aromatic heterocycles. The highest BCUT2D eigenvalue weighted by atomic mass is 16.3. The van der Waals surface area contributed by atoms with Crippen LogP contribution in [0.3, 0.4) is 0 Å². The normalized spacial score (nSPS) is 13.5. The van der Waals surface area contributed by atoms with Crippen LogP contribution in [0.2, 0.25) is 0 Å². The molecule has 0 spiro atoms. The van der Waals surface area contributed by atoms with Gasteiger partial charge in [0.1, 0.15) is 5.58 Å². The molecule has 3 nitrogen and oxygen atoms in total. The molecule has 3 heteroatoms. The number of hydrogen-bond donors (Lipinski definition) is 1. The zero-order valence-corrected chi connectivity index (χ0v) is 12.2. The molecule has 0 aliphatic rings. The quantitative estimate of drug-likeness (QED) is 0.888. The number of fused-ring (bicyclic) bond motifs is 1. The molecule has 1 heterocycles. The van der Waals surface area contributed by atoms with E-state index < -0.39 is 0 Å². The van der Waals surface area contributed by atoms with Gasteiger partial charge in [0.15, 0.2) is 5.76 Å². The molecule has 1 amide bonds. The van der Waals surface area contributed by atoms with Gasteiger partial charge in [0.25, 0.3) is 5.91 Å². The summed E-state index contributed by atoms with van der Waals surface area (Å²) in [5.41, 5.74) is 1.68. The highest BCUT2D eigenvalue weighted by molar-refractivity contribution is 5.99. The molecule has 1 aromatic carbocycles. The van der Waals surface area contributed by atoms with Gasteiger partial charge in [-0.25, -0.2) is 0 Å². The molecule has 102 valence electrons. The van der Waals surface area contributed by atoms with Crippen LogP contribution in [-0.4, -0.2) is 11.9 Å². The Kier molecular flexibility index (Phi) is 3.40. The van der Waals surface area contributed by atoms with Gasteiger partial charge < -0.3 is 9.73 Å². The molecule has 0 saturated heterocycles. The predicted octanol–water partition coefficient (Wildman–Crippen LogP) is 3.91. The van der Waals surface area contributed by atoms with Crippen LogP contribution in [-0.2, 0) is 0 Å². The summed E-state index contributed by atoms with van der Waals surface area (Å²) >= 11 is 0. The maximum atomic E-state index is 12.3. The number of benzene rings is 1. The Labute approximate surface area is 114 Å². The Morgan fingerprint density at radius 2 is 1.89 bits per heavy atom. The van der Waals surface area contributed by atoms with E-state index >= 15 is 0 Å². The summed E-state index contributed by atoms with van der Waals surface area (Å²) in [4.78, 5) is 12.3. The maximum absolute atomic E-state index is 12.3. The van der Waals surface area contributed by atoms with Gasteiger partial charge >= 0.3 is 0 Å². The molecule has 0 unspecified atom stereocenters. The minimum atomic E-state index is -0.142. The fraction of sp³-hybridized carbons (Fsp3) is 0.438. The molecule has 0 bridgehead atoms. The van der Waals surface area contributed by atoms with Crippen molar-refractivity contribution < 1.29 is 9.21 Å². The van der Waals surface area contributed by atoms with Gasteiger partial charge in [0.05, 0.1) is 0 Å². The van der Waals surface area contributed by atoms with Crippen LogP contribution >= 0.6 is 0 Å². The Morgan fingerprint density at radius 1 is 1.26 bits per heavy atom. The topological polar surface area (TPSA) is 42.2 Å². The molecule has 19 heavy (non-hydrogen) atoms. The summed E-state index contributed by atoms with van der Waals surface area (Å²) in [7, 11) is 0. The monoisotopic (exact) mass is 259 g/mol. The number of carbonyl (C=O) groups is 1. The first-order chi connectivity index (χ1) is 8.80. The SMILES string of the molecule is Cc1c(C(=O)N[C@H](C)C(C)(C)C)oc2ccccc12. The third kappa shape index (κ3) is 2.65.